The molecule has 9 heteroatoms. The van der Waals surface area contributed by atoms with Crippen LogP contribution in [-0.2, 0) is 14.8 Å². The molecule has 0 spiro atoms. The molecule has 0 saturated carbocycles. The molecule has 0 aromatic heterocycles. The summed E-state index contributed by atoms with van der Waals surface area (Å²) in [5, 5.41) is 20.2. The number of carboxylic acids is 1. The molecule has 7 nitrogen and oxygen atoms in total. The number of carbonyl (C=O) groups is 1. The van der Waals surface area contributed by atoms with Gasteiger partial charge in [-0.15, -0.1) is 0 Å². The van der Waals surface area contributed by atoms with Crippen LogP contribution in [0.5, 0.6) is 0 Å². The molecule has 2 atom stereocenters. The maximum atomic E-state index is 11.8. The predicted octanol–water partition coefficient (Wildman–Crippen LogP) is 1.64. The third kappa shape index (κ3) is 4.08. The topological polar surface area (TPSA) is 113 Å². The van der Waals surface area contributed by atoms with Crippen LogP contribution in [0.1, 0.15) is 38.2 Å². The van der Waals surface area contributed by atoms with Crippen molar-refractivity contribution in [2.75, 3.05) is 0 Å². The standard InChI is InChI=1S/C15H21N3O4S2/c1-2-3-8-14(23)18-12(15(19)20)9-11(17-18)10-6-4-5-7-13(10)24(16,21)22/h4-7,12,14,23H,2-3,8-9H2,1H3,(H,19,20)(H2,16,21,22). The maximum absolute atomic E-state index is 11.8. The fourth-order valence-electron chi connectivity index (χ4n) is 2.64. The number of benzene rings is 1. The minimum atomic E-state index is -3.93. The number of sulfonamides is 1. The minimum absolute atomic E-state index is 0.0565. The number of aliphatic carboxylic acids is 1. The zero-order chi connectivity index (χ0) is 17.9. The first-order valence-corrected chi connectivity index (χ1v) is 9.70. The molecule has 24 heavy (non-hydrogen) atoms. The maximum Gasteiger partial charge on any atom is 0.328 e. The van der Waals surface area contributed by atoms with E-state index in [1.165, 1.54) is 11.1 Å². The highest BCUT2D eigenvalue weighted by molar-refractivity contribution is 7.89. The van der Waals surface area contributed by atoms with Crippen LogP contribution in [-0.4, -0.2) is 41.6 Å². The number of nitrogens with two attached hydrogens (primary N) is 1. The average molecular weight is 371 g/mol. The van der Waals surface area contributed by atoms with E-state index in [1.807, 2.05) is 6.92 Å². The Hall–Kier alpha value is -1.58. The molecule has 2 rings (SSSR count). The van der Waals surface area contributed by atoms with Gasteiger partial charge in [-0.25, -0.2) is 18.4 Å². The number of unbranched alkanes of at least 4 members (excludes halogenated alkanes) is 1. The zero-order valence-corrected chi connectivity index (χ0v) is 15.0. The van der Waals surface area contributed by atoms with Crippen molar-refractivity contribution in [1.29, 1.82) is 0 Å². The van der Waals surface area contributed by atoms with E-state index < -0.39 is 22.0 Å². The highest BCUT2D eigenvalue weighted by Crippen LogP contribution is 2.28. The van der Waals surface area contributed by atoms with Crippen LogP contribution in [0.2, 0.25) is 0 Å². The van der Waals surface area contributed by atoms with Gasteiger partial charge < -0.3 is 5.11 Å². The number of thiol groups is 1. The molecule has 1 heterocycles. The summed E-state index contributed by atoms with van der Waals surface area (Å²) in [6, 6.07) is 5.34. The Labute approximate surface area is 147 Å². The molecule has 1 aromatic carbocycles. The van der Waals surface area contributed by atoms with Crippen molar-refractivity contribution in [1.82, 2.24) is 5.01 Å². The summed E-state index contributed by atoms with van der Waals surface area (Å²) in [5.41, 5.74) is 0.729. The van der Waals surface area contributed by atoms with Crippen molar-refractivity contribution in [2.24, 2.45) is 10.2 Å². The van der Waals surface area contributed by atoms with E-state index in [2.05, 4.69) is 17.7 Å². The van der Waals surface area contributed by atoms with Crippen LogP contribution in [0.15, 0.2) is 34.3 Å². The normalized spacial score (nSPS) is 19.2. The number of carboxylic acid groups (broad SMARTS) is 1. The second-order valence-corrected chi connectivity index (χ2v) is 7.77. The van der Waals surface area contributed by atoms with Crippen LogP contribution < -0.4 is 5.14 Å². The minimum Gasteiger partial charge on any atom is -0.480 e. The van der Waals surface area contributed by atoms with Gasteiger partial charge in [0.05, 0.1) is 16.0 Å². The van der Waals surface area contributed by atoms with E-state index in [4.69, 9.17) is 5.14 Å². The highest BCUT2D eigenvalue weighted by atomic mass is 32.2. The largest absolute Gasteiger partial charge is 0.480 e. The zero-order valence-electron chi connectivity index (χ0n) is 13.3. The molecule has 0 amide bonds. The molecule has 132 valence electrons. The van der Waals surface area contributed by atoms with E-state index in [1.54, 1.807) is 18.2 Å². The van der Waals surface area contributed by atoms with Crippen molar-refractivity contribution in [3.05, 3.63) is 29.8 Å². The lowest BCUT2D eigenvalue weighted by Gasteiger charge is -2.26. The molecular formula is C15H21N3O4S2. The Balaban J connectivity index is 2.40. The number of primary sulfonamides is 1. The number of hydrogen-bond acceptors (Lipinski definition) is 6. The second kappa shape index (κ2) is 7.54. The summed E-state index contributed by atoms with van der Waals surface area (Å²) >= 11 is 4.46. The van der Waals surface area contributed by atoms with Crippen LogP contribution in [0.25, 0.3) is 0 Å². The first kappa shape index (κ1) is 18.8. The smallest absolute Gasteiger partial charge is 0.328 e. The molecule has 3 N–H and O–H groups in total. The van der Waals surface area contributed by atoms with E-state index >= 15 is 0 Å². The quantitative estimate of drug-likeness (QED) is 0.631. The lowest BCUT2D eigenvalue weighted by Crippen LogP contribution is -2.38. The lowest BCUT2D eigenvalue weighted by molar-refractivity contribution is -0.142. The molecule has 1 aliphatic heterocycles. The van der Waals surface area contributed by atoms with E-state index in [9.17, 15) is 18.3 Å². The predicted molar refractivity (Wildman–Crippen MR) is 94.5 cm³/mol. The summed E-state index contributed by atoms with van der Waals surface area (Å²) in [6.45, 7) is 2.04. The molecule has 0 saturated heterocycles. The van der Waals surface area contributed by atoms with Gasteiger partial charge >= 0.3 is 5.97 Å². The van der Waals surface area contributed by atoms with E-state index in [-0.39, 0.29) is 16.7 Å². The SMILES string of the molecule is CCCCC(S)N1N=C(c2ccccc2S(N)(=O)=O)CC1C(=O)O. The fraction of sp³-hybridized carbons (Fsp3) is 0.467. The second-order valence-electron chi connectivity index (χ2n) is 5.65. The molecule has 2 unspecified atom stereocenters. The molecule has 0 bridgehead atoms. The van der Waals surface area contributed by atoms with Crippen LogP contribution in [0.4, 0.5) is 0 Å². The molecule has 0 fully saturated rings. The summed E-state index contributed by atoms with van der Waals surface area (Å²) in [4.78, 5) is 11.5. The number of rotatable bonds is 7. The summed E-state index contributed by atoms with van der Waals surface area (Å²) < 4.78 is 23.5. The monoisotopic (exact) mass is 371 g/mol. The molecule has 1 aliphatic rings. The summed E-state index contributed by atoms with van der Waals surface area (Å²) in [6.07, 6.45) is 2.66. The van der Waals surface area contributed by atoms with Gasteiger partial charge in [0, 0.05) is 12.0 Å². The van der Waals surface area contributed by atoms with Crippen molar-refractivity contribution in [3.8, 4) is 0 Å². The Kier molecular flexibility index (Phi) is 5.89. The van der Waals surface area contributed by atoms with Crippen molar-refractivity contribution < 1.29 is 18.3 Å². The third-order valence-corrected chi connectivity index (χ3v) is 5.32. The fourth-order valence-corrected chi connectivity index (χ4v) is 3.79. The van der Waals surface area contributed by atoms with Crippen molar-refractivity contribution >= 4 is 34.3 Å². The van der Waals surface area contributed by atoms with E-state index in [0.29, 0.717) is 17.7 Å². The molecular weight excluding hydrogens is 350 g/mol. The van der Waals surface area contributed by atoms with Crippen LogP contribution >= 0.6 is 12.6 Å². The van der Waals surface area contributed by atoms with Gasteiger partial charge in [-0.05, 0) is 12.5 Å². The molecule has 0 radical (unpaired) electrons. The molecule has 0 aliphatic carbocycles. The van der Waals surface area contributed by atoms with Crippen molar-refractivity contribution in [2.45, 2.75) is 48.9 Å². The van der Waals surface area contributed by atoms with Gasteiger partial charge in [0.2, 0.25) is 10.0 Å². The number of hydrazone groups is 1. The first-order chi connectivity index (χ1) is 11.3. The van der Waals surface area contributed by atoms with Gasteiger partial charge in [0.25, 0.3) is 0 Å². The summed E-state index contributed by atoms with van der Waals surface area (Å²) in [7, 11) is -3.93. The van der Waals surface area contributed by atoms with E-state index in [0.717, 1.165) is 12.8 Å². The van der Waals surface area contributed by atoms with Gasteiger partial charge in [-0.2, -0.15) is 17.7 Å². The van der Waals surface area contributed by atoms with Crippen molar-refractivity contribution in [3.63, 3.8) is 0 Å². The Morgan fingerprint density at radius 1 is 1.50 bits per heavy atom. The average Bonchev–Trinajstić information content (AvgIpc) is 2.97. The van der Waals surface area contributed by atoms with Gasteiger partial charge in [-0.1, -0.05) is 38.0 Å². The summed E-state index contributed by atoms with van der Waals surface area (Å²) in [5.74, 6) is -1.02. The third-order valence-electron chi connectivity index (χ3n) is 3.85. The number of nitrogens with zero attached hydrogens (tertiary/aromatic N) is 2. The van der Waals surface area contributed by atoms with Crippen LogP contribution in [0, 0.1) is 0 Å². The van der Waals surface area contributed by atoms with Gasteiger partial charge in [-0.3, -0.25) is 5.01 Å². The van der Waals surface area contributed by atoms with Gasteiger partial charge in [0.1, 0.15) is 0 Å². The number of hydrogen-bond donors (Lipinski definition) is 3. The van der Waals surface area contributed by atoms with Gasteiger partial charge in [0.15, 0.2) is 6.04 Å². The Morgan fingerprint density at radius 3 is 2.75 bits per heavy atom. The highest BCUT2D eigenvalue weighted by Gasteiger charge is 2.37. The Bertz CT molecular complexity index is 749. The first-order valence-electron chi connectivity index (χ1n) is 7.64. The van der Waals surface area contributed by atoms with Crippen LogP contribution in [0.3, 0.4) is 0 Å². The molecule has 1 aromatic rings. The Morgan fingerprint density at radius 2 is 2.17 bits per heavy atom. The lowest BCUT2D eigenvalue weighted by atomic mass is 10.0.